The Balaban J connectivity index is 2.58. The fourth-order valence-electron chi connectivity index (χ4n) is 0.931. The van der Waals surface area contributed by atoms with E-state index < -0.39 is 5.76 Å². The van der Waals surface area contributed by atoms with Gasteiger partial charge in [-0.25, -0.2) is 9.89 Å². The number of hydrogen-bond donors (Lipinski definition) is 2. The Morgan fingerprint density at radius 2 is 2.23 bits per heavy atom. The summed E-state index contributed by atoms with van der Waals surface area (Å²) in [5.74, 6) is -0.536. The van der Waals surface area contributed by atoms with Gasteiger partial charge in [0, 0.05) is 17.8 Å². The lowest BCUT2D eigenvalue weighted by atomic mass is 10.3. The van der Waals surface area contributed by atoms with Gasteiger partial charge in [0.15, 0.2) is 0 Å². The highest BCUT2D eigenvalue weighted by atomic mass is 16.4. The summed E-state index contributed by atoms with van der Waals surface area (Å²) in [5.41, 5.74) is 0.185. The minimum atomic E-state index is -0.643. The van der Waals surface area contributed by atoms with Crippen LogP contribution in [0, 0.1) is 0 Å². The Kier molecular flexibility index (Phi) is 1.59. The number of nitrogens with one attached hydrogen (secondary N) is 2. The van der Waals surface area contributed by atoms with Gasteiger partial charge in [0.2, 0.25) is 11.4 Å². The zero-order valence-electron chi connectivity index (χ0n) is 6.40. The first-order valence-corrected chi connectivity index (χ1v) is 3.50. The van der Waals surface area contributed by atoms with E-state index in [2.05, 4.69) is 19.6 Å². The van der Waals surface area contributed by atoms with Crippen LogP contribution in [0.2, 0.25) is 0 Å². The number of aromatic amines is 2. The fourth-order valence-corrected chi connectivity index (χ4v) is 0.931. The molecule has 2 rings (SSSR count). The van der Waals surface area contributed by atoms with Crippen molar-refractivity contribution in [2.75, 3.05) is 0 Å². The zero-order valence-corrected chi connectivity index (χ0v) is 6.40. The molecule has 6 nitrogen and oxygen atoms in total. The third kappa shape index (κ3) is 1.41. The lowest BCUT2D eigenvalue weighted by molar-refractivity contribution is 0.527. The molecule has 2 aromatic heterocycles. The smallest absolute Gasteiger partial charge is 0.388 e. The molecule has 0 saturated heterocycles. The molecule has 2 N–H and O–H groups in total. The molecule has 0 aliphatic carbocycles. The van der Waals surface area contributed by atoms with E-state index in [-0.39, 0.29) is 11.4 Å². The maximum atomic E-state index is 10.9. The highest BCUT2D eigenvalue weighted by Crippen LogP contribution is 2.09. The van der Waals surface area contributed by atoms with Crippen LogP contribution in [0.25, 0.3) is 11.5 Å². The van der Waals surface area contributed by atoms with Crippen molar-refractivity contribution in [2.24, 2.45) is 0 Å². The molecule has 0 saturated carbocycles. The standard InChI is InChI=1S/C7H5N3O3/c11-5-3-4(1-2-8-5)6-9-10-7(12)13-6/h1-3H,(H,8,11)(H,10,12). The molecule has 2 heterocycles. The Bertz CT molecular complexity index is 522. The second-order valence-corrected chi connectivity index (χ2v) is 2.36. The second kappa shape index (κ2) is 2.74. The molecular weight excluding hydrogens is 174 g/mol. The van der Waals surface area contributed by atoms with Crippen LogP contribution in [-0.2, 0) is 0 Å². The highest BCUT2D eigenvalue weighted by molar-refractivity contribution is 5.50. The van der Waals surface area contributed by atoms with Gasteiger partial charge in [0.05, 0.1) is 0 Å². The first kappa shape index (κ1) is 7.53. The van der Waals surface area contributed by atoms with Crippen LogP contribution in [0.5, 0.6) is 0 Å². The minimum absolute atomic E-state index is 0.108. The summed E-state index contributed by atoms with van der Waals surface area (Å²) in [6.45, 7) is 0. The maximum Gasteiger partial charge on any atom is 0.434 e. The summed E-state index contributed by atoms with van der Waals surface area (Å²) < 4.78 is 4.65. The minimum Gasteiger partial charge on any atom is -0.388 e. The van der Waals surface area contributed by atoms with Crippen LogP contribution >= 0.6 is 0 Å². The van der Waals surface area contributed by atoms with E-state index >= 15 is 0 Å². The molecule has 0 spiro atoms. The van der Waals surface area contributed by atoms with E-state index in [0.717, 1.165) is 0 Å². The average molecular weight is 179 g/mol. The monoisotopic (exact) mass is 179 g/mol. The van der Waals surface area contributed by atoms with Crippen molar-refractivity contribution in [3.8, 4) is 11.5 Å². The van der Waals surface area contributed by atoms with E-state index in [1.807, 2.05) is 0 Å². The summed E-state index contributed by atoms with van der Waals surface area (Å²) in [7, 11) is 0. The van der Waals surface area contributed by atoms with Crippen molar-refractivity contribution in [1.82, 2.24) is 15.2 Å². The van der Waals surface area contributed by atoms with Gasteiger partial charge in [-0.05, 0) is 6.07 Å². The molecule has 0 bridgehead atoms. The topological polar surface area (TPSA) is 91.8 Å². The van der Waals surface area contributed by atoms with Crippen LogP contribution in [-0.4, -0.2) is 15.2 Å². The Morgan fingerprint density at radius 1 is 1.38 bits per heavy atom. The van der Waals surface area contributed by atoms with Crippen molar-refractivity contribution in [2.45, 2.75) is 0 Å². The van der Waals surface area contributed by atoms with Crippen LogP contribution in [0.3, 0.4) is 0 Å². The predicted octanol–water partition coefficient (Wildman–Crippen LogP) is -0.282. The largest absolute Gasteiger partial charge is 0.434 e. The van der Waals surface area contributed by atoms with E-state index in [1.54, 1.807) is 6.07 Å². The van der Waals surface area contributed by atoms with Crippen LogP contribution in [0.4, 0.5) is 0 Å². The summed E-state index contributed by atoms with van der Waals surface area (Å²) in [6.07, 6.45) is 1.45. The van der Waals surface area contributed by atoms with Gasteiger partial charge in [0.1, 0.15) is 0 Å². The van der Waals surface area contributed by atoms with Crippen molar-refractivity contribution >= 4 is 0 Å². The first-order valence-electron chi connectivity index (χ1n) is 3.50. The van der Waals surface area contributed by atoms with E-state index in [1.165, 1.54) is 12.3 Å². The fraction of sp³-hybridized carbons (Fsp3) is 0. The van der Waals surface area contributed by atoms with Gasteiger partial charge in [-0.2, -0.15) is 0 Å². The molecule has 2 aromatic rings. The number of hydrogen-bond acceptors (Lipinski definition) is 4. The van der Waals surface area contributed by atoms with Crippen LogP contribution in [0.1, 0.15) is 0 Å². The molecule has 0 fully saturated rings. The van der Waals surface area contributed by atoms with Gasteiger partial charge in [-0.15, -0.1) is 5.10 Å². The lowest BCUT2D eigenvalue weighted by Gasteiger charge is -1.89. The molecule has 0 radical (unpaired) electrons. The van der Waals surface area contributed by atoms with Gasteiger partial charge >= 0.3 is 5.76 Å². The molecule has 0 aliphatic heterocycles. The van der Waals surface area contributed by atoms with Gasteiger partial charge < -0.3 is 9.40 Å². The lowest BCUT2D eigenvalue weighted by Crippen LogP contribution is -2.02. The second-order valence-electron chi connectivity index (χ2n) is 2.36. The molecule has 6 heteroatoms. The first-order chi connectivity index (χ1) is 6.25. The molecule has 0 aliphatic rings. The van der Waals surface area contributed by atoms with E-state index in [9.17, 15) is 9.59 Å². The van der Waals surface area contributed by atoms with Gasteiger partial charge in [0.25, 0.3) is 0 Å². The van der Waals surface area contributed by atoms with Gasteiger partial charge in [-0.3, -0.25) is 4.79 Å². The number of H-pyrrole nitrogens is 2. The molecular formula is C7H5N3O3. The molecule has 0 aromatic carbocycles. The number of rotatable bonds is 1. The number of nitrogens with zero attached hydrogens (tertiary/aromatic N) is 1. The summed E-state index contributed by atoms with van der Waals surface area (Å²) >= 11 is 0. The Morgan fingerprint density at radius 3 is 2.85 bits per heavy atom. The Hall–Kier alpha value is -2.11. The SMILES string of the molecule is O=c1cc(-c2n[nH]c(=O)o2)cc[nH]1. The van der Waals surface area contributed by atoms with Crippen molar-refractivity contribution in [3.63, 3.8) is 0 Å². The average Bonchev–Trinajstić information content (AvgIpc) is 2.52. The summed E-state index contributed by atoms with van der Waals surface area (Å²) in [5, 5.41) is 5.67. The molecule has 0 atom stereocenters. The third-order valence-corrected chi connectivity index (χ3v) is 1.46. The molecule has 0 amide bonds. The maximum absolute atomic E-state index is 10.9. The number of aromatic nitrogens is 3. The normalized spacial score (nSPS) is 10.2. The van der Waals surface area contributed by atoms with Crippen LogP contribution in [0.15, 0.2) is 32.3 Å². The summed E-state index contributed by atoms with van der Waals surface area (Å²) in [6, 6.07) is 2.87. The molecule has 0 unspecified atom stereocenters. The van der Waals surface area contributed by atoms with Crippen molar-refractivity contribution in [1.29, 1.82) is 0 Å². The molecule has 66 valence electrons. The third-order valence-electron chi connectivity index (χ3n) is 1.46. The number of pyridine rings is 1. The summed E-state index contributed by atoms with van der Waals surface area (Å²) in [4.78, 5) is 23.9. The quantitative estimate of drug-likeness (QED) is 0.629. The highest BCUT2D eigenvalue weighted by Gasteiger charge is 2.04. The van der Waals surface area contributed by atoms with E-state index in [0.29, 0.717) is 5.56 Å². The van der Waals surface area contributed by atoms with Crippen molar-refractivity contribution < 1.29 is 4.42 Å². The zero-order chi connectivity index (χ0) is 9.26. The molecule has 13 heavy (non-hydrogen) atoms. The van der Waals surface area contributed by atoms with Gasteiger partial charge in [-0.1, -0.05) is 0 Å². The van der Waals surface area contributed by atoms with E-state index in [4.69, 9.17) is 0 Å². The predicted molar refractivity (Wildman–Crippen MR) is 43.2 cm³/mol. The Labute approximate surface area is 71.2 Å². The van der Waals surface area contributed by atoms with Crippen LogP contribution < -0.4 is 11.3 Å². The van der Waals surface area contributed by atoms with Crippen molar-refractivity contribution in [3.05, 3.63) is 39.2 Å².